The van der Waals surface area contributed by atoms with Crippen LogP contribution in [0.25, 0.3) is 0 Å². The lowest BCUT2D eigenvalue weighted by Crippen LogP contribution is -2.04. The topological polar surface area (TPSA) is 62.8 Å². The van der Waals surface area contributed by atoms with Crippen LogP contribution in [0.5, 0.6) is 0 Å². The van der Waals surface area contributed by atoms with Crippen LogP contribution in [0.2, 0.25) is 0 Å². The summed E-state index contributed by atoms with van der Waals surface area (Å²) in [7, 11) is 0. The highest BCUT2D eigenvalue weighted by molar-refractivity contribution is 8.13. The van der Waals surface area contributed by atoms with Crippen LogP contribution in [0.3, 0.4) is 0 Å². The average molecular weight is 181 g/mol. The van der Waals surface area contributed by atoms with Gasteiger partial charge in [0.05, 0.1) is 5.69 Å². The lowest BCUT2D eigenvalue weighted by molar-refractivity contribution is 1.15. The summed E-state index contributed by atoms with van der Waals surface area (Å²) in [5.41, 5.74) is 7.29. The summed E-state index contributed by atoms with van der Waals surface area (Å²) in [5, 5.41) is 7.14. The van der Waals surface area contributed by atoms with Crippen molar-refractivity contribution in [2.75, 3.05) is 0 Å². The molecule has 64 valence electrons. The molecule has 1 aromatic heterocycles. The Morgan fingerprint density at radius 3 is 2.92 bits per heavy atom. The van der Waals surface area contributed by atoms with E-state index in [2.05, 4.69) is 4.98 Å². The van der Waals surface area contributed by atoms with Crippen molar-refractivity contribution in [2.45, 2.75) is 12.7 Å². The van der Waals surface area contributed by atoms with Crippen LogP contribution in [0.15, 0.2) is 18.3 Å². The van der Waals surface area contributed by atoms with E-state index in [9.17, 15) is 0 Å². The van der Waals surface area contributed by atoms with Crippen LogP contribution in [-0.4, -0.2) is 10.2 Å². The van der Waals surface area contributed by atoms with E-state index in [-0.39, 0.29) is 5.17 Å². The summed E-state index contributed by atoms with van der Waals surface area (Å²) in [6.45, 7) is 1.99. The average Bonchev–Trinajstić information content (AvgIpc) is 2.03. The van der Waals surface area contributed by atoms with E-state index in [0.717, 1.165) is 11.3 Å². The zero-order chi connectivity index (χ0) is 8.97. The molecule has 0 aliphatic carbocycles. The van der Waals surface area contributed by atoms with E-state index in [1.54, 1.807) is 0 Å². The zero-order valence-corrected chi connectivity index (χ0v) is 7.69. The molecule has 1 aromatic rings. The fraction of sp³-hybridized carbons (Fsp3) is 0.250. The first-order chi connectivity index (χ1) is 5.68. The minimum atomic E-state index is 0.136. The molecule has 0 fully saturated rings. The molecule has 0 saturated carbocycles. The second-order valence-corrected chi connectivity index (χ2v) is 3.50. The van der Waals surface area contributed by atoms with Gasteiger partial charge in [0.25, 0.3) is 0 Å². The molecule has 1 rings (SSSR count). The van der Waals surface area contributed by atoms with Crippen molar-refractivity contribution in [1.29, 1.82) is 5.41 Å². The third-order valence-corrected chi connectivity index (χ3v) is 2.10. The fourth-order valence-corrected chi connectivity index (χ4v) is 1.21. The minimum Gasteiger partial charge on any atom is -0.379 e. The van der Waals surface area contributed by atoms with Crippen LogP contribution in [0, 0.1) is 12.3 Å². The molecule has 0 aromatic carbocycles. The van der Waals surface area contributed by atoms with Crippen LogP contribution < -0.4 is 5.73 Å². The van der Waals surface area contributed by atoms with Gasteiger partial charge in [-0.3, -0.25) is 10.4 Å². The number of hydrogen-bond acceptors (Lipinski definition) is 3. The fourth-order valence-electron chi connectivity index (χ4n) is 0.736. The summed E-state index contributed by atoms with van der Waals surface area (Å²) in [6.07, 6.45) is 1.82. The SMILES string of the molecule is Cc1ccc(CSC(=N)N)nc1. The first-order valence-corrected chi connectivity index (χ1v) is 4.55. The summed E-state index contributed by atoms with van der Waals surface area (Å²) in [5.74, 6) is 0.676. The number of thioether (sulfide) groups is 1. The molecular weight excluding hydrogens is 170 g/mol. The molecule has 0 radical (unpaired) electrons. The highest BCUT2D eigenvalue weighted by Gasteiger charge is 1.95. The molecular formula is C8H11N3S. The van der Waals surface area contributed by atoms with Gasteiger partial charge < -0.3 is 5.73 Å². The van der Waals surface area contributed by atoms with Crippen LogP contribution in [0.1, 0.15) is 11.3 Å². The molecule has 0 bridgehead atoms. The van der Waals surface area contributed by atoms with E-state index in [1.807, 2.05) is 25.3 Å². The van der Waals surface area contributed by atoms with Crippen molar-refractivity contribution in [3.63, 3.8) is 0 Å². The van der Waals surface area contributed by atoms with Gasteiger partial charge in [-0.05, 0) is 18.6 Å². The number of hydrogen-bond donors (Lipinski definition) is 2. The van der Waals surface area contributed by atoms with Crippen molar-refractivity contribution in [1.82, 2.24) is 4.98 Å². The molecule has 0 atom stereocenters. The van der Waals surface area contributed by atoms with Crippen LogP contribution in [-0.2, 0) is 5.75 Å². The smallest absolute Gasteiger partial charge is 0.151 e. The van der Waals surface area contributed by atoms with Crippen LogP contribution >= 0.6 is 11.8 Å². The number of aryl methyl sites for hydroxylation is 1. The predicted molar refractivity (Wildman–Crippen MR) is 52.2 cm³/mol. The second kappa shape index (κ2) is 4.11. The van der Waals surface area contributed by atoms with E-state index < -0.39 is 0 Å². The molecule has 0 amide bonds. The van der Waals surface area contributed by atoms with Crippen molar-refractivity contribution in [3.05, 3.63) is 29.6 Å². The highest BCUT2D eigenvalue weighted by atomic mass is 32.2. The Kier molecular flexibility index (Phi) is 3.10. The maximum absolute atomic E-state index is 7.00. The number of nitrogens with two attached hydrogens (primary N) is 1. The van der Waals surface area contributed by atoms with Gasteiger partial charge in [-0.25, -0.2) is 0 Å². The maximum atomic E-state index is 7.00. The predicted octanol–water partition coefficient (Wildman–Crippen LogP) is 1.52. The van der Waals surface area contributed by atoms with Gasteiger partial charge in [-0.2, -0.15) is 0 Å². The summed E-state index contributed by atoms with van der Waals surface area (Å²) >= 11 is 1.29. The molecule has 12 heavy (non-hydrogen) atoms. The second-order valence-electron chi connectivity index (χ2n) is 2.48. The third kappa shape index (κ3) is 2.92. The normalized spacial score (nSPS) is 9.75. The van der Waals surface area contributed by atoms with Gasteiger partial charge in [0.1, 0.15) is 0 Å². The van der Waals surface area contributed by atoms with Gasteiger partial charge in [0.2, 0.25) is 0 Å². The van der Waals surface area contributed by atoms with Crippen molar-refractivity contribution in [3.8, 4) is 0 Å². The molecule has 4 heteroatoms. The molecule has 0 saturated heterocycles. The van der Waals surface area contributed by atoms with E-state index >= 15 is 0 Å². The first-order valence-electron chi connectivity index (χ1n) is 3.57. The lowest BCUT2D eigenvalue weighted by atomic mass is 10.3. The third-order valence-electron chi connectivity index (χ3n) is 1.35. The quantitative estimate of drug-likeness (QED) is 0.537. The number of nitrogens with one attached hydrogen (secondary N) is 1. The Morgan fingerprint density at radius 2 is 2.42 bits per heavy atom. The number of pyridine rings is 1. The number of aromatic nitrogens is 1. The standard InChI is InChI=1S/C8H11N3S/c1-6-2-3-7(11-4-6)5-12-8(9)10/h2-4H,5H2,1H3,(H3,9,10). The van der Waals surface area contributed by atoms with E-state index in [1.165, 1.54) is 11.8 Å². The summed E-state index contributed by atoms with van der Waals surface area (Å²) in [6, 6.07) is 3.95. The molecule has 0 aliphatic heterocycles. The van der Waals surface area contributed by atoms with Gasteiger partial charge in [0.15, 0.2) is 5.17 Å². The Morgan fingerprint density at radius 1 is 1.67 bits per heavy atom. The highest BCUT2D eigenvalue weighted by Crippen LogP contribution is 2.08. The number of amidine groups is 1. The van der Waals surface area contributed by atoms with Crippen molar-refractivity contribution >= 4 is 16.9 Å². The van der Waals surface area contributed by atoms with Crippen molar-refractivity contribution < 1.29 is 0 Å². The molecule has 1 heterocycles. The zero-order valence-electron chi connectivity index (χ0n) is 6.87. The van der Waals surface area contributed by atoms with Gasteiger partial charge in [-0.15, -0.1) is 0 Å². The minimum absolute atomic E-state index is 0.136. The van der Waals surface area contributed by atoms with Gasteiger partial charge >= 0.3 is 0 Å². The molecule has 0 spiro atoms. The van der Waals surface area contributed by atoms with Crippen LogP contribution in [0.4, 0.5) is 0 Å². The van der Waals surface area contributed by atoms with Gasteiger partial charge in [0, 0.05) is 11.9 Å². The molecule has 3 nitrogen and oxygen atoms in total. The maximum Gasteiger partial charge on any atom is 0.151 e. The first kappa shape index (κ1) is 9.06. The summed E-state index contributed by atoms with van der Waals surface area (Å²) in [4.78, 5) is 4.18. The molecule has 0 unspecified atom stereocenters. The van der Waals surface area contributed by atoms with E-state index in [4.69, 9.17) is 11.1 Å². The van der Waals surface area contributed by atoms with E-state index in [0.29, 0.717) is 5.75 Å². The van der Waals surface area contributed by atoms with Gasteiger partial charge in [-0.1, -0.05) is 17.8 Å². The Labute approximate surface area is 75.9 Å². The Bertz CT molecular complexity index is 268. The number of rotatable bonds is 2. The summed E-state index contributed by atoms with van der Waals surface area (Å²) < 4.78 is 0. The Hall–Kier alpha value is -1.03. The lowest BCUT2D eigenvalue weighted by Gasteiger charge is -1.98. The molecule has 0 aliphatic rings. The molecule has 3 N–H and O–H groups in total. The van der Waals surface area contributed by atoms with Crippen molar-refractivity contribution in [2.24, 2.45) is 5.73 Å². The number of nitrogens with zero attached hydrogens (tertiary/aromatic N) is 1. The largest absolute Gasteiger partial charge is 0.379 e. The Balaban J connectivity index is 2.53. The monoisotopic (exact) mass is 181 g/mol.